The van der Waals surface area contributed by atoms with Gasteiger partial charge in [-0.2, -0.15) is 0 Å². The van der Waals surface area contributed by atoms with Gasteiger partial charge in [0.1, 0.15) is 5.82 Å². The zero-order valence-electron chi connectivity index (χ0n) is 13.1. The largest absolute Gasteiger partial charge is 0.360 e. The second-order valence-electron chi connectivity index (χ2n) is 5.56. The number of amides is 1. The number of pyridine rings is 1. The van der Waals surface area contributed by atoms with Crippen molar-refractivity contribution < 1.29 is 4.79 Å². The summed E-state index contributed by atoms with van der Waals surface area (Å²) in [6.07, 6.45) is 6.77. The molecule has 7 heteroatoms. The molecule has 3 heterocycles. The molecule has 1 aromatic carbocycles. The molecule has 0 unspecified atom stereocenters. The predicted molar refractivity (Wildman–Crippen MR) is 96.3 cm³/mol. The maximum Gasteiger partial charge on any atom is 0.253 e. The molecule has 25 heavy (non-hydrogen) atoms. The minimum atomic E-state index is -0.192. The molecule has 0 saturated carbocycles. The molecule has 4 aromatic rings. The van der Waals surface area contributed by atoms with Crippen molar-refractivity contribution in [3.8, 4) is 11.3 Å². The van der Waals surface area contributed by atoms with Crippen molar-refractivity contribution in [2.75, 3.05) is 0 Å². The van der Waals surface area contributed by atoms with Gasteiger partial charge >= 0.3 is 0 Å². The second-order valence-corrected chi connectivity index (χ2v) is 6.00. The number of aromatic nitrogens is 4. The van der Waals surface area contributed by atoms with Gasteiger partial charge in [0, 0.05) is 22.8 Å². The van der Waals surface area contributed by atoms with Crippen molar-refractivity contribution in [2.45, 2.75) is 6.54 Å². The average molecular weight is 352 g/mol. The average Bonchev–Trinajstić information content (AvgIpc) is 3.29. The maximum atomic E-state index is 12.4. The summed E-state index contributed by atoms with van der Waals surface area (Å²) in [5, 5.41) is 4.39. The zero-order chi connectivity index (χ0) is 17.2. The minimum absolute atomic E-state index is 0.192. The number of halogens is 1. The van der Waals surface area contributed by atoms with Crippen LogP contribution in [0.2, 0.25) is 5.02 Å². The zero-order valence-corrected chi connectivity index (χ0v) is 13.8. The Kier molecular flexibility index (Phi) is 3.95. The van der Waals surface area contributed by atoms with Crippen molar-refractivity contribution in [1.29, 1.82) is 0 Å². The summed E-state index contributed by atoms with van der Waals surface area (Å²) in [7, 11) is 0. The van der Waals surface area contributed by atoms with Gasteiger partial charge in [-0.25, -0.2) is 4.98 Å². The van der Waals surface area contributed by atoms with Crippen LogP contribution in [-0.2, 0) is 6.54 Å². The van der Waals surface area contributed by atoms with Gasteiger partial charge in [-0.05, 0) is 23.8 Å². The van der Waals surface area contributed by atoms with E-state index in [2.05, 4.69) is 25.3 Å². The number of imidazole rings is 1. The lowest BCUT2D eigenvalue weighted by Crippen LogP contribution is -2.23. The van der Waals surface area contributed by atoms with Gasteiger partial charge < -0.3 is 15.3 Å². The van der Waals surface area contributed by atoms with E-state index in [1.807, 2.05) is 30.3 Å². The van der Waals surface area contributed by atoms with E-state index in [1.165, 1.54) is 0 Å². The summed E-state index contributed by atoms with van der Waals surface area (Å²) in [4.78, 5) is 27.1. The lowest BCUT2D eigenvalue weighted by molar-refractivity contribution is 0.0951. The van der Waals surface area contributed by atoms with Gasteiger partial charge in [-0.1, -0.05) is 23.7 Å². The number of carbonyl (C=O) groups is 1. The van der Waals surface area contributed by atoms with E-state index in [9.17, 15) is 4.79 Å². The van der Waals surface area contributed by atoms with Gasteiger partial charge in [0.15, 0.2) is 0 Å². The topological polar surface area (TPSA) is 86.5 Å². The molecule has 0 radical (unpaired) electrons. The summed E-state index contributed by atoms with van der Waals surface area (Å²) in [6.45, 7) is 0.299. The number of nitrogens with zero attached hydrogens (tertiary/aromatic N) is 2. The normalized spacial score (nSPS) is 10.9. The number of carbonyl (C=O) groups excluding carboxylic acids is 1. The summed E-state index contributed by atoms with van der Waals surface area (Å²) < 4.78 is 0. The Bertz CT molecular complexity index is 1040. The highest BCUT2D eigenvalue weighted by Crippen LogP contribution is 2.20. The first-order valence-electron chi connectivity index (χ1n) is 7.70. The number of rotatable bonds is 4. The van der Waals surface area contributed by atoms with Crippen LogP contribution in [-0.4, -0.2) is 25.8 Å². The molecule has 0 atom stereocenters. The first-order valence-corrected chi connectivity index (χ1v) is 8.07. The van der Waals surface area contributed by atoms with Crippen molar-refractivity contribution in [3.05, 3.63) is 71.5 Å². The minimum Gasteiger partial charge on any atom is -0.360 e. The lowest BCUT2D eigenvalue weighted by Gasteiger charge is -2.04. The summed E-state index contributed by atoms with van der Waals surface area (Å²) in [5.41, 5.74) is 3.21. The van der Waals surface area contributed by atoms with E-state index < -0.39 is 0 Å². The molecule has 0 bridgehead atoms. The van der Waals surface area contributed by atoms with E-state index in [-0.39, 0.29) is 5.91 Å². The van der Waals surface area contributed by atoms with Crippen LogP contribution < -0.4 is 5.32 Å². The highest BCUT2D eigenvalue weighted by molar-refractivity contribution is 6.30. The fourth-order valence-electron chi connectivity index (χ4n) is 2.65. The first-order chi connectivity index (χ1) is 12.2. The van der Waals surface area contributed by atoms with E-state index in [1.54, 1.807) is 24.8 Å². The van der Waals surface area contributed by atoms with Gasteiger partial charge in [-0.3, -0.25) is 9.78 Å². The van der Waals surface area contributed by atoms with Crippen molar-refractivity contribution >= 4 is 28.4 Å². The van der Waals surface area contributed by atoms with E-state index in [0.717, 1.165) is 22.2 Å². The first kappa shape index (κ1) is 15.4. The highest BCUT2D eigenvalue weighted by Gasteiger charge is 2.12. The van der Waals surface area contributed by atoms with Crippen molar-refractivity contribution in [1.82, 2.24) is 25.3 Å². The van der Waals surface area contributed by atoms with E-state index in [4.69, 9.17) is 11.6 Å². The molecule has 4 rings (SSSR count). The molecular weight excluding hydrogens is 338 g/mol. The Balaban J connectivity index is 1.47. The van der Waals surface area contributed by atoms with E-state index in [0.29, 0.717) is 23.0 Å². The number of hydrogen-bond acceptors (Lipinski definition) is 3. The van der Waals surface area contributed by atoms with Crippen LogP contribution in [0.25, 0.3) is 22.2 Å². The SMILES string of the molecule is O=C(NCc1ncc(-c2ccc(Cl)cc2)[nH]1)c1cncc2[nH]ccc12. The Labute approximate surface area is 148 Å². The summed E-state index contributed by atoms with van der Waals surface area (Å²) in [5.74, 6) is 0.481. The quantitative estimate of drug-likeness (QED) is 0.525. The van der Waals surface area contributed by atoms with Gasteiger partial charge in [0.2, 0.25) is 0 Å². The molecule has 0 saturated heterocycles. The Morgan fingerprint density at radius 1 is 1.12 bits per heavy atom. The molecule has 0 spiro atoms. The van der Waals surface area contributed by atoms with Crippen LogP contribution >= 0.6 is 11.6 Å². The van der Waals surface area contributed by atoms with E-state index >= 15 is 0 Å². The van der Waals surface area contributed by atoms with Crippen LogP contribution in [0.1, 0.15) is 16.2 Å². The van der Waals surface area contributed by atoms with Gasteiger partial charge in [0.25, 0.3) is 5.91 Å². The van der Waals surface area contributed by atoms with Gasteiger partial charge in [0.05, 0.1) is 35.7 Å². The Hall–Kier alpha value is -3.12. The predicted octanol–water partition coefficient (Wildman–Crippen LogP) is 3.54. The molecule has 0 fully saturated rings. The number of benzene rings is 1. The number of aromatic amines is 2. The fourth-order valence-corrected chi connectivity index (χ4v) is 2.77. The number of fused-ring (bicyclic) bond motifs is 1. The van der Waals surface area contributed by atoms with Crippen LogP contribution in [0.3, 0.4) is 0 Å². The maximum absolute atomic E-state index is 12.4. The Morgan fingerprint density at radius 2 is 1.96 bits per heavy atom. The monoisotopic (exact) mass is 351 g/mol. The second kappa shape index (κ2) is 6.41. The third kappa shape index (κ3) is 3.12. The third-order valence-electron chi connectivity index (χ3n) is 3.92. The standard InChI is InChI=1S/C18H14ClN5O/c19-12-3-1-11(2-4-12)15-9-22-17(24-15)10-23-18(25)14-7-20-8-16-13(14)5-6-21-16/h1-9,21H,10H2,(H,22,24)(H,23,25). The molecular formula is C18H14ClN5O. The molecule has 6 nitrogen and oxygen atoms in total. The fraction of sp³-hybridized carbons (Fsp3) is 0.0556. The van der Waals surface area contributed by atoms with Crippen LogP contribution in [0.5, 0.6) is 0 Å². The molecule has 0 aliphatic heterocycles. The summed E-state index contributed by atoms with van der Waals surface area (Å²) >= 11 is 5.90. The highest BCUT2D eigenvalue weighted by atomic mass is 35.5. The van der Waals surface area contributed by atoms with Crippen molar-refractivity contribution in [3.63, 3.8) is 0 Å². The Morgan fingerprint density at radius 3 is 2.80 bits per heavy atom. The number of H-pyrrole nitrogens is 2. The smallest absolute Gasteiger partial charge is 0.253 e. The number of hydrogen-bond donors (Lipinski definition) is 3. The number of nitrogens with one attached hydrogen (secondary N) is 3. The lowest BCUT2D eigenvalue weighted by atomic mass is 10.2. The third-order valence-corrected chi connectivity index (χ3v) is 4.17. The van der Waals surface area contributed by atoms with Gasteiger partial charge in [-0.15, -0.1) is 0 Å². The van der Waals surface area contributed by atoms with Crippen LogP contribution in [0.4, 0.5) is 0 Å². The summed E-state index contributed by atoms with van der Waals surface area (Å²) in [6, 6.07) is 9.33. The molecule has 124 valence electrons. The molecule has 3 aromatic heterocycles. The molecule has 1 amide bonds. The van der Waals surface area contributed by atoms with Crippen molar-refractivity contribution in [2.24, 2.45) is 0 Å². The van der Waals surface area contributed by atoms with Crippen LogP contribution in [0.15, 0.2) is 55.1 Å². The molecule has 3 N–H and O–H groups in total. The molecule has 0 aliphatic carbocycles. The molecule has 0 aliphatic rings. The van der Waals surface area contributed by atoms with Crippen LogP contribution in [0, 0.1) is 0 Å².